The molecule has 17 heavy (non-hydrogen) atoms. The third-order valence-corrected chi connectivity index (χ3v) is 2.65. The summed E-state index contributed by atoms with van der Waals surface area (Å²) in [6.45, 7) is 2.34. The number of rotatable bonds is 4. The van der Waals surface area contributed by atoms with Gasteiger partial charge in [-0.2, -0.15) is 5.26 Å². The van der Waals surface area contributed by atoms with Crippen molar-refractivity contribution in [1.29, 1.82) is 5.26 Å². The molecule has 0 saturated carbocycles. The second-order valence-electron chi connectivity index (χ2n) is 3.34. The summed E-state index contributed by atoms with van der Waals surface area (Å²) in [5.74, 6) is 0.247. The second-order valence-corrected chi connectivity index (χ2v) is 3.72. The molecule has 1 amide bonds. The number of hydrogen-bond donors (Lipinski definition) is 1. The van der Waals surface area contributed by atoms with Gasteiger partial charge in [0.05, 0.1) is 30.2 Å². The molecule has 0 heterocycles. The first-order valence-corrected chi connectivity index (χ1v) is 5.53. The van der Waals surface area contributed by atoms with Gasteiger partial charge in [-0.3, -0.25) is 4.79 Å². The van der Waals surface area contributed by atoms with Crippen LogP contribution < -0.4 is 10.1 Å². The Morgan fingerprint density at radius 1 is 1.59 bits per heavy atom. The van der Waals surface area contributed by atoms with Crippen molar-refractivity contribution in [3.05, 3.63) is 28.3 Å². The van der Waals surface area contributed by atoms with E-state index in [1.165, 1.54) is 7.11 Å². The van der Waals surface area contributed by atoms with E-state index in [9.17, 15) is 4.79 Å². The third kappa shape index (κ3) is 3.11. The molecule has 0 aliphatic rings. The van der Waals surface area contributed by atoms with Crippen molar-refractivity contribution in [2.75, 3.05) is 13.7 Å². The molecule has 0 aliphatic heterocycles. The van der Waals surface area contributed by atoms with Gasteiger partial charge in [0.1, 0.15) is 5.75 Å². The normalized spacial score (nSPS) is 9.53. The Balaban J connectivity index is 3.24. The summed E-state index contributed by atoms with van der Waals surface area (Å²) in [4.78, 5) is 11.8. The highest BCUT2D eigenvalue weighted by atomic mass is 35.5. The van der Waals surface area contributed by atoms with Crippen LogP contribution >= 0.6 is 11.6 Å². The van der Waals surface area contributed by atoms with Gasteiger partial charge in [0.15, 0.2) is 0 Å². The van der Waals surface area contributed by atoms with Crippen LogP contribution in [0.2, 0.25) is 5.02 Å². The quantitative estimate of drug-likeness (QED) is 0.893. The van der Waals surface area contributed by atoms with Gasteiger partial charge >= 0.3 is 0 Å². The van der Waals surface area contributed by atoms with Crippen LogP contribution in [-0.4, -0.2) is 19.6 Å². The number of ether oxygens (including phenoxy) is 1. The molecule has 5 heteroatoms. The molecule has 1 N–H and O–H groups in total. The molecule has 1 aromatic carbocycles. The van der Waals surface area contributed by atoms with Gasteiger partial charge in [-0.1, -0.05) is 11.6 Å². The maximum atomic E-state index is 11.8. The molecule has 1 aromatic rings. The van der Waals surface area contributed by atoms with Crippen molar-refractivity contribution in [2.45, 2.75) is 13.3 Å². The average molecular weight is 253 g/mol. The first kappa shape index (κ1) is 13.3. The van der Waals surface area contributed by atoms with Crippen molar-refractivity contribution >= 4 is 17.5 Å². The topological polar surface area (TPSA) is 62.1 Å². The van der Waals surface area contributed by atoms with Gasteiger partial charge in [-0.25, -0.2) is 0 Å². The fourth-order valence-corrected chi connectivity index (χ4v) is 1.67. The van der Waals surface area contributed by atoms with Gasteiger partial charge in [-0.05, 0) is 24.6 Å². The lowest BCUT2D eigenvalue weighted by atomic mass is 10.1. The zero-order valence-electron chi connectivity index (χ0n) is 9.71. The maximum absolute atomic E-state index is 11.8. The Bertz CT molecular complexity index is 466. The van der Waals surface area contributed by atoms with Crippen molar-refractivity contribution in [3.63, 3.8) is 0 Å². The van der Waals surface area contributed by atoms with Gasteiger partial charge in [-0.15, -0.1) is 0 Å². The van der Waals surface area contributed by atoms with Gasteiger partial charge < -0.3 is 10.1 Å². The standard InChI is InChI=1S/C12H13ClN2O2/c1-3-15-12(16)10-7-9(17-2)6-8(4-5-14)11(10)13/h6-7H,3-4H2,1-2H3,(H,15,16). The first-order chi connectivity index (χ1) is 8.13. The Labute approximate surface area is 105 Å². The summed E-state index contributed by atoms with van der Waals surface area (Å²) in [5.41, 5.74) is 0.924. The van der Waals surface area contributed by atoms with Crippen LogP contribution in [0.1, 0.15) is 22.8 Å². The Morgan fingerprint density at radius 2 is 2.29 bits per heavy atom. The molecular weight excluding hydrogens is 240 g/mol. The highest BCUT2D eigenvalue weighted by Crippen LogP contribution is 2.27. The minimum atomic E-state index is -0.268. The number of benzene rings is 1. The molecule has 90 valence electrons. The Kier molecular flexibility index (Phi) is 4.80. The highest BCUT2D eigenvalue weighted by Gasteiger charge is 2.15. The zero-order valence-corrected chi connectivity index (χ0v) is 10.5. The number of amides is 1. The van der Waals surface area contributed by atoms with E-state index in [2.05, 4.69) is 5.32 Å². The number of nitrogens with one attached hydrogen (secondary N) is 1. The largest absolute Gasteiger partial charge is 0.497 e. The van der Waals surface area contributed by atoms with Gasteiger partial charge in [0.2, 0.25) is 0 Å². The lowest BCUT2D eigenvalue weighted by Gasteiger charge is -2.10. The average Bonchev–Trinajstić information content (AvgIpc) is 2.32. The van der Waals surface area contributed by atoms with E-state index < -0.39 is 0 Å². The molecule has 0 fully saturated rings. The zero-order chi connectivity index (χ0) is 12.8. The Morgan fingerprint density at radius 3 is 2.82 bits per heavy atom. The predicted octanol–water partition coefficient (Wildman–Crippen LogP) is 2.16. The molecule has 1 rings (SSSR count). The molecular formula is C12H13ClN2O2. The van der Waals surface area contributed by atoms with Crippen LogP contribution in [0.25, 0.3) is 0 Å². The number of hydrogen-bond acceptors (Lipinski definition) is 3. The maximum Gasteiger partial charge on any atom is 0.252 e. The monoisotopic (exact) mass is 252 g/mol. The Hall–Kier alpha value is -1.73. The molecule has 0 aliphatic carbocycles. The van der Waals surface area contributed by atoms with Crippen LogP contribution in [0.4, 0.5) is 0 Å². The van der Waals surface area contributed by atoms with Crippen molar-refractivity contribution < 1.29 is 9.53 Å². The van der Waals surface area contributed by atoms with Gasteiger partial charge in [0, 0.05) is 6.54 Å². The summed E-state index contributed by atoms with van der Waals surface area (Å²) >= 11 is 6.08. The number of halogens is 1. The smallest absolute Gasteiger partial charge is 0.252 e. The van der Waals surface area contributed by atoms with Crippen LogP contribution in [-0.2, 0) is 6.42 Å². The SMILES string of the molecule is CCNC(=O)c1cc(OC)cc(CC#N)c1Cl. The highest BCUT2D eigenvalue weighted by molar-refractivity contribution is 6.34. The molecule has 0 saturated heterocycles. The molecule has 0 unspecified atom stereocenters. The summed E-state index contributed by atoms with van der Waals surface area (Å²) in [6.07, 6.45) is 0.141. The number of nitrogens with zero attached hydrogens (tertiary/aromatic N) is 1. The van der Waals surface area contributed by atoms with E-state index in [-0.39, 0.29) is 12.3 Å². The summed E-state index contributed by atoms with van der Waals surface area (Å²) < 4.78 is 5.08. The number of nitriles is 1. The molecule has 4 nitrogen and oxygen atoms in total. The molecule has 0 bridgehead atoms. The van der Waals surface area contributed by atoms with E-state index in [0.717, 1.165) is 0 Å². The van der Waals surface area contributed by atoms with Crippen LogP contribution in [0.3, 0.4) is 0 Å². The summed E-state index contributed by atoms with van der Waals surface area (Å²) in [6, 6.07) is 5.23. The fraction of sp³-hybridized carbons (Fsp3) is 0.333. The fourth-order valence-electron chi connectivity index (χ4n) is 1.41. The molecule has 0 atom stereocenters. The summed E-state index contributed by atoms with van der Waals surface area (Å²) in [5, 5.41) is 11.7. The van der Waals surface area contributed by atoms with Crippen LogP contribution in [0, 0.1) is 11.3 Å². The van der Waals surface area contributed by atoms with Gasteiger partial charge in [0.25, 0.3) is 5.91 Å². The van der Waals surface area contributed by atoms with E-state index in [1.807, 2.05) is 13.0 Å². The number of carbonyl (C=O) groups is 1. The summed E-state index contributed by atoms with van der Waals surface area (Å²) in [7, 11) is 1.50. The van der Waals surface area contributed by atoms with Crippen molar-refractivity contribution in [3.8, 4) is 11.8 Å². The van der Waals surface area contributed by atoms with E-state index in [4.69, 9.17) is 21.6 Å². The number of methoxy groups -OCH3 is 1. The minimum absolute atomic E-state index is 0.141. The van der Waals surface area contributed by atoms with E-state index >= 15 is 0 Å². The van der Waals surface area contributed by atoms with E-state index in [0.29, 0.717) is 28.4 Å². The lowest BCUT2D eigenvalue weighted by molar-refractivity contribution is 0.0955. The molecule has 0 radical (unpaired) electrons. The van der Waals surface area contributed by atoms with E-state index in [1.54, 1.807) is 12.1 Å². The molecule has 0 spiro atoms. The third-order valence-electron chi connectivity index (χ3n) is 2.21. The lowest BCUT2D eigenvalue weighted by Crippen LogP contribution is -2.23. The van der Waals surface area contributed by atoms with Crippen LogP contribution in [0.5, 0.6) is 5.75 Å². The second kappa shape index (κ2) is 6.12. The first-order valence-electron chi connectivity index (χ1n) is 5.15. The minimum Gasteiger partial charge on any atom is -0.497 e. The van der Waals surface area contributed by atoms with Crippen molar-refractivity contribution in [1.82, 2.24) is 5.32 Å². The number of carbonyl (C=O) groups excluding carboxylic acids is 1. The van der Waals surface area contributed by atoms with Crippen LogP contribution in [0.15, 0.2) is 12.1 Å². The van der Waals surface area contributed by atoms with Crippen molar-refractivity contribution in [2.24, 2.45) is 0 Å². The predicted molar refractivity (Wildman–Crippen MR) is 65.3 cm³/mol. The molecule has 0 aromatic heterocycles.